The normalized spacial score (nSPS) is 9.20. The van der Waals surface area contributed by atoms with Crippen LogP contribution < -0.4 is 0 Å². The van der Waals surface area contributed by atoms with Crippen LogP contribution in [0.2, 0.25) is 0 Å². The molecule has 1 rings (SSSR count). The van der Waals surface area contributed by atoms with Crippen LogP contribution in [0.15, 0.2) is 23.1 Å². The second-order valence-electron chi connectivity index (χ2n) is 2.56. The van der Waals surface area contributed by atoms with Gasteiger partial charge in [0, 0.05) is 4.88 Å². The zero-order chi connectivity index (χ0) is 11.3. The van der Waals surface area contributed by atoms with Crippen molar-refractivity contribution in [3.63, 3.8) is 0 Å². The molecule has 1 aromatic rings. The van der Waals surface area contributed by atoms with Crippen LogP contribution in [0.3, 0.4) is 0 Å². The van der Waals surface area contributed by atoms with Gasteiger partial charge in [-0.2, -0.15) is 0 Å². The molecule has 0 aliphatic heterocycles. The third-order valence-corrected chi connectivity index (χ3v) is 2.46. The first-order chi connectivity index (χ1) is 7.19. The van der Waals surface area contributed by atoms with Gasteiger partial charge in [-0.15, -0.1) is 11.3 Å². The minimum Gasteiger partial charge on any atom is -0.465 e. The smallest absolute Gasteiger partial charge is 0.345 e. The lowest BCUT2D eigenvalue weighted by molar-refractivity contribution is -0.143. The molecule has 1 heterocycles. The van der Waals surface area contributed by atoms with Gasteiger partial charge >= 0.3 is 11.9 Å². The van der Waals surface area contributed by atoms with Crippen molar-refractivity contribution >= 4 is 29.4 Å². The summed E-state index contributed by atoms with van der Waals surface area (Å²) in [6.07, 6.45) is 1.45. The van der Waals surface area contributed by atoms with E-state index in [4.69, 9.17) is 0 Å². The van der Waals surface area contributed by atoms with Crippen molar-refractivity contribution in [2.75, 3.05) is 14.2 Å². The maximum Gasteiger partial charge on any atom is 0.345 e. The number of esters is 2. The number of ether oxygens (including phenoxy) is 2. The maximum absolute atomic E-state index is 11.3. The standard InChI is InChI=1S/C10H10O4S/c1-13-9(11)8(10(12)14-2)6-7-4-3-5-15-7/h3-6H,1-2H3. The molecule has 0 aromatic carbocycles. The summed E-state index contributed by atoms with van der Waals surface area (Å²) in [6.45, 7) is 0. The Labute approximate surface area is 91.1 Å². The van der Waals surface area contributed by atoms with Crippen LogP contribution in [-0.2, 0) is 19.1 Å². The fraction of sp³-hybridized carbons (Fsp3) is 0.200. The number of carbonyl (C=O) groups is 2. The molecular weight excluding hydrogens is 216 g/mol. The van der Waals surface area contributed by atoms with Crippen LogP contribution in [0.5, 0.6) is 0 Å². The lowest BCUT2D eigenvalue weighted by Crippen LogP contribution is -2.15. The van der Waals surface area contributed by atoms with Crippen LogP contribution in [-0.4, -0.2) is 26.2 Å². The van der Waals surface area contributed by atoms with E-state index in [0.717, 1.165) is 4.88 Å². The Morgan fingerprint density at radius 3 is 2.27 bits per heavy atom. The Bertz CT molecular complexity index is 360. The molecule has 0 atom stereocenters. The Morgan fingerprint density at radius 2 is 1.87 bits per heavy atom. The summed E-state index contributed by atoms with van der Waals surface area (Å²) in [7, 11) is 2.43. The fourth-order valence-electron chi connectivity index (χ4n) is 0.937. The van der Waals surface area contributed by atoms with E-state index in [2.05, 4.69) is 9.47 Å². The van der Waals surface area contributed by atoms with Crippen molar-refractivity contribution in [3.05, 3.63) is 28.0 Å². The zero-order valence-electron chi connectivity index (χ0n) is 8.35. The highest BCUT2D eigenvalue weighted by Gasteiger charge is 2.19. The summed E-state index contributed by atoms with van der Waals surface area (Å²) in [6, 6.07) is 3.61. The van der Waals surface area contributed by atoms with Gasteiger partial charge < -0.3 is 9.47 Å². The van der Waals surface area contributed by atoms with Crippen molar-refractivity contribution < 1.29 is 19.1 Å². The Balaban J connectivity index is 3.00. The summed E-state index contributed by atoms with van der Waals surface area (Å²) < 4.78 is 8.96. The van der Waals surface area contributed by atoms with Crippen LogP contribution >= 0.6 is 11.3 Å². The zero-order valence-corrected chi connectivity index (χ0v) is 9.17. The van der Waals surface area contributed by atoms with E-state index < -0.39 is 11.9 Å². The van der Waals surface area contributed by atoms with E-state index in [1.165, 1.54) is 31.6 Å². The Kier molecular flexibility index (Phi) is 4.05. The molecule has 0 radical (unpaired) electrons. The molecule has 0 saturated heterocycles. The summed E-state index contributed by atoms with van der Waals surface area (Å²) in [5.74, 6) is -1.40. The molecule has 0 N–H and O–H groups in total. The first-order valence-electron chi connectivity index (χ1n) is 4.11. The molecule has 4 nitrogen and oxygen atoms in total. The van der Waals surface area contributed by atoms with Gasteiger partial charge in [0.2, 0.25) is 0 Å². The van der Waals surface area contributed by atoms with Crippen molar-refractivity contribution in [3.8, 4) is 0 Å². The molecule has 5 heteroatoms. The van der Waals surface area contributed by atoms with Crippen LogP contribution in [0.4, 0.5) is 0 Å². The molecule has 1 aromatic heterocycles. The molecule has 0 saturated carbocycles. The first-order valence-corrected chi connectivity index (χ1v) is 4.99. The highest BCUT2D eigenvalue weighted by atomic mass is 32.1. The topological polar surface area (TPSA) is 52.6 Å². The van der Waals surface area contributed by atoms with Gasteiger partial charge in [0.25, 0.3) is 0 Å². The lowest BCUT2D eigenvalue weighted by Gasteiger charge is -2.01. The highest BCUT2D eigenvalue weighted by molar-refractivity contribution is 7.10. The number of methoxy groups -OCH3 is 2. The fourth-order valence-corrected chi connectivity index (χ4v) is 1.59. The predicted molar refractivity (Wildman–Crippen MR) is 56.3 cm³/mol. The number of hydrogen-bond donors (Lipinski definition) is 0. The van der Waals surface area contributed by atoms with E-state index in [9.17, 15) is 9.59 Å². The largest absolute Gasteiger partial charge is 0.465 e. The summed E-state index contributed by atoms with van der Waals surface area (Å²) >= 11 is 1.42. The minimum atomic E-state index is -0.699. The monoisotopic (exact) mass is 226 g/mol. The van der Waals surface area contributed by atoms with Crippen LogP contribution in [0, 0.1) is 0 Å². The molecule has 80 valence electrons. The van der Waals surface area contributed by atoms with Crippen LogP contribution in [0.1, 0.15) is 4.88 Å². The molecule has 0 fully saturated rings. The molecule has 0 spiro atoms. The number of carbonyl (C=O) groups excluding carboxylic acids is 2. The Morgan fingerprint density at radius 1 is 1.27 bits per heavy atom. The van der Waals surface area contributed by atoms with Gasteiger partial charge in [-0.05, 0) is 17.5 Å². The first kappa shape index (κ1) is 11.5. The number of hydrogen-bond acceptors (Lipinski definition) is 5. The molecule has 0 amide bonds. The summed E-state index contributed by atoms with van der Waals surface area (Å²) in [4.78, 5) is 23.3. The van der Waals surface area contributed by atoms with Crippen molar-refractivity contribution in [1.29, 1.82) is 0 Å². The maximum atomic E-state index is 11.3. The molecule has 15 heavy (non-hydrogen) atoms. The number of thiophene rings is 1. The second-order valence-corrected chi connectivity index (χ2v) is 3.54. The van der Waals surface area contributed by atoms with Crippen LogP contribution in [0.25, 0.3) is 6.08 Å². The minimum absolute atomic E-state index is 0.109. The van der Waals surface area contributed by atoms with E-state index in [0.29, 0.717) is 0 Å². The van der Waals surface area contributed by atoms with Crippen molar-refractivity contribution in [2.45, 2.75) is 0 Å². The van der Waals surface area contributed by atoms with Gasteiger partial charge in [-0.1, -0.05) is 6.07 Å². The summed E-state index contributed by atoms with van der Waals surface area (Å²) in [5, 5.41) is 1.85. The number of rotatable bonds is 3. The highest BCUT2D eigenvalue weighted by Crippen LogP contribution is 2.14. The van der Waals surface area contributed by atoms with Crippen molar-refractivity contribution in [2.24, 2.45) is 0 Å². The van der Waals surface area contributed by atoms with E-state index in [-0.39, 0.29) is 5.57 Å². The average molecular weight is 226 g/mol. The summed E-state index contributed by atoms with van der Waals surface area (Å²) in [5.41, 5.74) is -0.109. The van der Waals surface area contributed by atoms with Crippen molar-refractivity contribution in [1.82, 2.24) is 0 Å². The Hall–Kier alpha value is -1.62. The molecule has 0 aliphatic rings. The lowest BCUT2D eigenvalue weighted by atomic mass is 10.2. The third-order valence-electron chi connectivity index (χ3n) is 1.64. The molecule has 0 aliphatic carbocycles. The van der Waals surface area contributed by atoms with E-state index in [1.807, 2.05) is 11.4 Å². The van der Waals surface area contributed by atoms with Gasteiger partial charge in [-0.3, -0.25) is 0 Å². The van der Waals surface area contributed by atoms with Gasteiger partial charge in [0.1, 0.15) is 5.57 Å². The van der Waals surface area contributed by atoms with Gasteiger partial charge in [-0.25, -0.2) is 9.59 Å². The predicted octanol–water partition coefficient (Wildman–Crippen LogP) is 1.48. The second kappa shape index (κ2) is 5.31. The quantitative estimate of drug-likeness (QED) is 0.339. The van der Waals surface area contributed by atoms with E-state index in [1.54, 1.807) is 6.07 Å². The average Bonchev–Trinajstić information content (AvgIpc) is 2.76. The molecule has 0 unspecified atom stereocenters. The SMILES string of the molecule is COC(=O)C(=Cc1cccs1)C(=O)OC. The molecular formula is C10H10O4S. The van der Waals surface area contributed by atoms with Gasteiger partial charge in [0.15, 0.2) is 0 Å². The molecule has 0 bridgehead atoms. The van der Waals surface area contributed by atoms with Gasteiger partial charge in [0.05, 0.1) is 14.2 Å². The third kappa shape index (κ3) is 2.92. The van der Waals surface area contributed by atoms with E-state index >= 15 is 0 Å².